The van der Waals surface area contributed by atoms with Crippen molar-refractivity contribution >= 4 is 6.29 Å². The first kappa shape index (κ1) is 14.9. The van der Waals surface area contributed by atoms with E-state index in [2.05, 4.69) is 0 Å². The van der Waals surface area contributed by atoms with Crippen LogP contribution in [0.5, 0.6) is 0 Å². The van der Waals surface area contributed by atoms with Crippen LogP contribution in [0.3, 0.4) is 0 Å². The molecule has 18 heavy (non-hydrogen) atoms. The van der Waals surface area contributed by atoms with Crippen LogP contribution < -0.4 is 0 Å². The van der Waals surface area contributed by atoms with Crippen molar-refractivity contribution in [2.24, 2.45) is 11.8 Å². The van der Waals surface area contributed by atoms with Gasteiger partial charge < -0.3 is 15.0 Å². The predicted octanol–water partition coefficient (Wildman–Crippen LogP) is 1.81. The maximum atomic E-state index is 10.6. The average Bonchev–Trinajstić information content (AvgIpc) is 2.43. The Morgan fingerprint density at radius 1 is 1.17 bits per heavy atom. The molecule has 0 aliphatic heterocycles. The van der Waals surface area contributed by atoms with E-state index < -0.39 is 18.1 Å². The minimum atomic E-state index is -0.784. The predicted molar refractivity (Wildman–Crippen MR) is 71.2 cm³/mol. The first-order valence-corrected chi connectivity index (χ1v) is 6.41. The van der Waals surface area contributed by atoms with Gasteiger partial charge in [-0.25, -0.2) is 0 Å². The lowest BCUT2D eigenvalue weighted by Gasteiger charge is -2.26. The van der Waals surface area contributed by atoms with Crippen molar-refractivity contribution in [3.63, 3.8) is 0 Å². The number of aliphatic hydroxyl groups is 2. The summed E-state index contributed by atoms with van der Waals surface area (Å²) in [5.74, 6) is -0.736. The van der Waals surface area contributed by atoms with Crippen LogP contribution in [-0.4, -0.2) is 28.7 Å². The lowest BCUT2D eigenvalue weighted by Crippen LogP contribution is -2.34. The third kappa shape index (κ3) is 4.24. The zero-order valence-corrected chi connectivity index (χ0v) is 11.0. The fourth-order valence-corrected chi connectivity index (χ4v) is 2.01. The van der Waals surface area contributed by atoms with E-state index in [1.165, 1.54) is 5.56 Å². The highest BCUT2D eigenvalue weighted by molar-refractivity contribution is 5.53. The van der Waals surface area contributed by atoms with E-state index in [1.54, 1.807) is 13.8 Å². The van der Waals surface area contributed by atoms with Crippen LogP contribution in [0.1, 0.15) is 25.8 Å². The van der Waals surface area contributed by atoms with Crippen LogP contribution >= 0.6 is 0 Å². The highest BCUT2D eigenvalue weighted by Gasteiger charge is 2.26. The number of benzene rings is 1. The van der Waals surface area contributed by atoms with Gasteiger partial charge >= 0.3 is 0 Å². The van der Waals surface area contributed by atoms with Crippen LogP contribution in [0.2, 0.25) is 0 Å². The molecule has 0 amide bonds. The molecule has 1 aromatic carbocycles. The second-order valence-corrected chi connectivity index (χ2v) is 4.94. The highest BCUT2D eigenvalue weighted by atomic mass is 16.3. The second-order valence-electron chi connectivity index (χ2n) is 4.94. The molecule has 0 saturated heterocycles. The lowest BCUT2D eigenvalue weighted by molar-refractivity contribution is -0.116. The molecule has 4 atom stereocenters. The minimum absolute atomic E-state index is 0.297. The third-order valence-electron chi connectivity index (χ3n) is 3.47. The third-order valence-corrected chi connectivity index (χ3v) is 3.47. The molecular weight excluding hydrogens is 228 g/mol. The quantitative estimate of drug-likeness (QED) is 0.726. The number of aldehydes is 1. The van der Waals surface area contributed by atoms with Gasteiger partial charge in [-0.2, -0.15) is 0 Å². The van der Waals surface area contributed by atoms with Crippen molar-refractivity contribution in [2.75, 3.05) is 0 Å². The average molecular weight is 250 g/mol. The fraction of sp³-hybridized carbons (Fsp3) is 0.533. The van der Waals surface area contributed by atoms with Gasteiger partial charge in [0.25, 0.3) is 0 Å². The van der Waals surface area contributed by atoms with Gasteiger partial charge in [-0.15, -0.1) is 0 Å². The van der Waals surface area contributed by atoms with Gasteiger partial charge in [0, 0.05) is 11.8 Å². The van der Waals surface area contributed by atoms with Gasteiger partial charge in [-0.3, -0.25) is 0 Å². The summed E-state index contributed by atoms with van der Waals surface area (Å²) < 4.78 is 0. The largest absolute Gasteiger partial charge is 0.393 e. The molecule has 0 aromatic heterocycles. The standard InChI is InChI=1S/C15H22O3/c1-11(10-16)15(18)12(2)14(17)9-8-13-6-4-3-5-7-13/h3-7,10-12,14-15,17-18H,8-9H2,1-2H3/t11-,12-,14+,15+/m1/s1. The number of carbonyl (C=O) groups is 1. The van der Waals surface area contributed by atoms with E-state index in [9.17, 15) is 15.0 Å². The SMILES string of the molecule is C[C@@H]([C@@H](O)[C@H](C)C=O)[C@@H](O)CCc1ccccc1. The molecule has 2 N–H and O–H groups in total. The molecule has 0 radical (unpaired) electrons. The molecule has 1 aromatic rings. The number of hydrogen-bond donors (Lipinski definition) is 2. The molecule has 0 bridgehead atoms. The van der Waals surface area contributed by atoms with Crippen LogP contribution in [0.4, 0.5) is 0 Å². The van der Waals surface area contributed by atoms with Gasteiger partial charge in [-0.05, 0) is 18.4 Å². The smallest absolute Gasteiger partial charge is 0.125 e. The topological polar surface area (TPSA) is 57.5 Å². The second kappa shape index (κ2) is 7.29. The first-order valence-electron chi connectivity index (χ1n) is 6.41. The summed E-state index contributed by atoms with van der Waals surface area (Å²) in [5, 5.41) is 19.9. The summed E-state index contributed by atoms with van der Waals surface area (Å²) in [4.78, 5) is 10.6. The molecular formula is C15H22O3. The Morgan fingerprint density at radius 2 is 1.78 bits per heavy atom. The number of carbonyl (C=O) groups excluding carboxylic acids is 1. The zero-order chi connectivity index (χ0) is 13.5. The minimum Gasteiger partial charge on any atom is -0.393 e. The number of aliphatic hydroxyl groups excluding tert-OH is 2. The molecule has 0 fully saturated rings. The summed E-state index contributed by atoms with van der Waals surface area (Å²) in [6, 6.07) is 9.92. The van der Waals surface area contributed by atoms with Gasteiger partial charge in [0.2, 0.25) is 0 Å². The fourth-order valence-electron chi connectivity index (χ4n) is 2.01. The molecule has 3 nitrogen and oxygen atoms in total. The van der Waals surface area contributed by atoms with Gasteiger partial charge in [0.15, 0.2) is 0 Å². The molecule has 0 saturated carbocycles. The van der Waals surface area contributed by atoms with E-state index in [0.717, 1.165) is 12.7 Å². The van der Waals surface area contributed by atoms with Gasteiger partial charge in [0.05, 0.1) is 12.2 Å². The van der Waals surface area contributed by atoms with Crippen molar-refractivity contribution in [1.29, 1.82) is 0 Å². The summed E-state index contributed by atoms with van der Waals surface area (Å²) in [5.41, 5.74) is 1.17. The first-order chi connectivity index (χ1) is 8.56. The lowest BCUT2D eigenvalue weighted by atomic mass is 9.87. The summed E-state index contributed by atoms with van der Waals surface area (Å²) >= 11 is 0. The Morgan fingerprint density at radius 3 is 2.33 bits per heavy atom. The van der Waals surface area contributed by atoms with E-state index in [0.29, 0.717) is 6.42 Å². The highest BCUT2D eigenvalue weighted by Crippen LogP contribution is 2.19. The van der Waals surface area contributed by atoms with Gasteiger partial charge in [0.1, 0.15) is 6.29 Å². The van der Waals surface area contributed by atoms with Crippen LogP contribution in [-0.2, 0) is 11.2 Å². The molecule has 0 heterocycles. The summed E-state index contributed by atoms with van der Waals surface area (Å²) in [6.45, 7) is 3.44. The summed E-state index contributed by atoms with van der Waals surface area (Å²) in [6.07, 6.45) is 0.712. The van der Waals surface area contributed by atoms with Crippen LogP contribution in [0.15, 0.2) is 30.3 Å². The Kier molecular flexibility index (Phi) is 6.02. The Hall–Kier alpha value is -1.19. The van der Waals surface area contributed by atoms with Crippen molar-refractivity contribution in [3.8, 4) is 0 Å². The van der Waals surface area contributed by atoms with E-state index in [1.807, 2.05) is 30.3 Å². The molecule has 0 aliphatic carbocycles. The monoisotopic (exact) mass is 250 g/mol. The summed E-state index contributed by atoms with van der Waals surface area (Å²) in [7, 11) is 0. The Bertz CT molecular complexity index is 350. The van der Waals surface area contributed by atoms with Crippen LogP contribution in [0, 0.1) is 11.8 Å². The maximum absolute atomic E-state index is 10.6. The van der Waals surface area contributed by atoms with Gasteiger partial charge in [-0.1, -0.05) is 44.2 Å². The zero-order valence-electron chi connectivity index (χ0n) is 11.0. The normalized spacial score (nSPS) is 17.8. The maximum Gasteiger partial charge on any atom is 0.125 e. The molecule has 3 heteroatoms. The number of aryl methyl sites for hydroxylation is 1. The molecule has 0 unspecified atom stereocenters. The van der Waals surface area contributed by atoms with Crippen molar-refractivity contribution in [1.82, 2.24) is 0 Å². The molecule has 1 rings (SSSR count). The van der Waals surface area contributed by atoms with Crippen molar-refractivity contribution < 1.29 is 15.0 Å². The van der Waals surface area contributed by atoms with E-state index >= 15 is 0 Å². The van der Waals surface area contributed by atoms with E-state index in [-0.39, 0.29) is 5.92 Å². The molecule has 0 spiro atoms. The Labute approximate surface area is 108 Å². The number of rotatable bonds is 7. The van der Waals surface area contributed by atoms with Crippen LogP contribution in [0.25, 0.3) is 0 Å². The molecule has 0 aliphatic rings. The van der Waals surface area contributed by atoms with E-state index in [4.69, 9.17) is 0 Å². The Balaban J connectivity index is 2.45. The molecule has 100 valence electrons. The number of hydrogen-bond acceptors (Lipinski definition) is 3. The van der Waals surface area contributed by atoms with Crippen molar-refractivity contribution in [3.05, 3.63) is 35.9 Å². The van der Waals surface area contributed by atoms with Crippen molar-refractivity contribution in [2.45, 2.75) is 38.9 Å².